The monoisotopic (exact) mass is 306 g/mol. The highest BCUT2D eigenvalue weighted by Gasteiger charge is 2.10. The fourth-order valence-corrected chi connectivity index (χ4v) is 2.22. The maximum absolute atomic E-state index is 11.1. The maximum atomic E-state index is 11.1. The van der Waals surface area contributed by atoms with E-state index in [4.69, 9.17) is 28.5 Å². The van der Waals surface area contributed by atoms with E-state index < -0.39 is 5.91 Å². The highest BCUT2D eigenvalue weighted by molar-refractivity contribution is 9.10. The Hall–Kier alpha value is -0.760. The van der Waals surface area contributed by atoms with Crippen molar-refractivity contribution in [3.63, 3.8) is 0 Å². The molecule has 0 radical (unpaired) electrons. The van der Waals surface area contributed by atoms with Crippen molar-refractivity contribution in [2.75, 3.05) is 5.32 Å². The molecular weight excluding hydrogens is 303 g/mol. The summed E-state index contributed by atoms with van der Waals surface area (Å²) in [6.07, 6.45) is -0.233. The van der Waals surface area contributed by atoms with Crippen molar-refractivity contribution >= 4 is 50.7 Å². The average Bonchev–Trinajstić information content (AvgIpc) is 2.11. The fraction of sp³-hybridized carbons (Fsp3) is 0.111. The number of hydrogen-bond acceptors (Lipinski definition) is 2. The molecule has 0 fully saturated rings. The summed E-state index contributed by atoms with van der Waals surface area (Å²) in [4.78, 5) is 11.1. The van der Waals surface area contributed by atoms with Crippen LogP contribution in [-0.2, 0) is 4.79 Å². The van der Waals surface area contributed by atoms with Crippen LogP contribution in [0.25, 0.3) is 0 Å². The van der Waals surface area contributed by atoms with Gasteiger partial charge in [-0.25, -0.2) is 0 Å². The van der Waals surface area contributed by atoms with E-state index in [0.29, 0.717) is 15.7 Å². The number of benzene rings is 1. The second-order valence-corrected chi connectivity index (χ2v) is 4.36. The molecule has 1 aromatic carbocycles. The van der Waals surface area contributed by atoms with E-state index in [2.05, 4.69) is 21.2 Å². The highest BCUT2D eigenvalue weighted by Crippen LogP contribution is 2.33. The molecule has 0 aliphatic rings. The van der Waals surface area contributed by atoms with E-state index in [0.717, 1.165) is 4.47 Å². The van der Waals surface area contributed by atoms with E-state index in [1.807, 2.05) is 0 Å². The third kappa shape index (κ3) is 3.38. The summed E-state index contributed by atoms with van der Waals surface area (Å²) in [5.74, 6) is -0.441. The van der Waals surface area contributed by atoms with E-state index in [9.17, 15) is 4.79 Å². The van der Waals surface area contributed by atoms with Gasteiger partial charge in [0.1, 0.15) is 6.42 Å². The van der Waals surface area contributed by atoms with Crippen LogP contribution in [0.4, 0.5) is 5.69 Å². The lowest BCUT2D eigenvalue weighted by molar-refractivity contribution is -0.115. The van der Waals surface area contributed by atoms with Gasteiger partial charge in [-0.1, -0.05) is 39.1 Å². The number of amides is 1. The van der Waals surface area contributed by atoms with Gasteiger partial charge >= 0.3 is 0 Å². The van der Waals surface area contributed by atoms with Crippen LogP contribution in [0.3, 0.4) is 0 Å². The van der Waals surface area contributed by atoms with Crippen LogP contribution in [0.2, 0.25) is 10.0 Å². The molecule has 1 rings (SSSR count). The first-order valence-electron chi connectivity index (χ1n) is 3.86. The number of hydrogen-bond donors (Lipinski definition) is 1. The van der Waals surface area contributed by atoms with Crippen LogP contribution in [-0.4, -0.2) is 5.91 Å². The molecule has 1 aromatic rings. The first-order valence-corrected chi connectivity index (χ1v) is 5.41. The van der Waals surface area contributed by atoms with Crippen molar-refractivity contribution in [1.29, 1.82) is 5.26 Å². The summed E-state index contributed by atoms with van der Waals surface area (Å²) >= 11 is 14.9. The van der Waals surface area contributed by atoms with Crippen molar-refractivity contribution in [3.8, 4) is 6.07 Å². The molecule has 0 aromatic heterocycles. The highest BCUT2D eigenvalue weighted by atomic mass is 79.9. The molecule has 0 saturated heterocycles. The Kier molecular flexibility index (Phi) is 4.40. The molecule has 0 atom stereocenters. The summed E-state index contributed by atoms with van der Waals surface area (Å²) < 4.78 is 0.718. The van der Waals surface area contributed by atoms with Gasteiger partial charge in [-0.3, -0.25) is 4.79 Å². The van der Waals surface area contributed by atoms with E-state index in [-0.39, 0.29) is 6.42 Å². The number of anilines is 1. The van der Waals surface area contributed by atoms with Gasteiger partial charge < -0.3 is 5.32 Å². The van der Waals surface area contributed by atoms with E-state index >= 15 is 0 Å². The zero-order valence-electron chi connectivity index (χ0n) is 7.35. The van der Waals surface area contributed by atoms with Gasteiger partial charge in [-0.2, -0.15) is 5.26 Å². The number of nitrogens with one attached hydrogen (secondary N) is 1. The van der Waals surface area contributed by atoms with Crippen LogP contribution in [0.15, 0.2) is 16.6 Å². The van der Waals surface area contributed by atoms with Crippen LogP contribution in [0, 0.1) is 11.3 Å². The smallest absolute Gasteiger partial charge is 0.238 e. The van der Waals surface area contributed by atoms with Gasteiger partial charge in [0.25, 0.3) is 0 Å². The van der Waals surface area contributed by atoms with Crippen molar-refractivity contribution in [3.05, 3.63) is 26.7 Å². The minimum atomic E-state index is -0.441. The zero-order chi connectivity index (χ0) is 11.4. The van der Waals surface area contributed by atoms with Crippen LogP contribution < -0.4 is 5.32 Å². The van der Waals surface area contributed by atoms with Gasteiger partial charge in [-0.05, 0) is 12.1 Å². The first kappa shape index (κ1) is 12.3. The number of halogens is 3. The minimum absolute atomic E-state index is 0.233. The Morgan fingerprint density at radius 1 is 1.47 bits per heavy atom. The lowest BCUT2D eigenvalue weighted by Crippen LogP contribution is -2.10. The average molecular weight is 308 g/mol. The Labute approximate surface area is 105 Å². The van der Waals surface area contributed by atoms with Gasteiger partial charge in [0.2, 0.25) is 5.91 Å². The van der Waals surface area contributed by atoms with E-state index in [1.165, 1.54) is 0 Å². The molecule has 0 spiro atoms. The molecule has 1 N–H and O–H groups in total. The third-order valence-corrected chi connectivity index (χ3v) is 2.56. The topological polar surface area (TPSA) is 52.9 Å². The summed E-state index contributed by atoms with van der Waals surface area (Å²) in [5, 5.41) is 11.4. The van der Waals surface area contributed by atoms with Gasteiger partial charge in [0, 0.05) is 4.47 Å². The molecule has 0 saturated carbocycles. The third-order valence-electron chi connectivity index (χ3n) is 1.51. The molecule has 1 amide bonds. The van der Waals surface area contributed by atoms with Crippen molar-refractivity contribution in [2.24, 2.45) is 0 Å². The predicted octanol–water partition coefficient (Wildman–Crippen LogP) is 3.61. The summed E-state index contributed by atoms with van der Waals surface area (Å²) in [6.45, 7) is 0. The molecular formula is C9H5BrCl2N2O. The van der Waals surface area contributed by atoms with Crippen molar-refractivity contribution in [2.45, 2.75) is 6.42 Å². The Balaban J connectivity index is 2.96. The SMILES string of the molecule is N#CCC(=O)Nc1c(Cl)cc(Br)cc1Cl. The summed E-state index contributed by atoms with van der Waals surface area (Å²) in [6, 6.07) is 4.94. The first-order chi connectivity index (χ1) is 7.04. The number of carbonyl (C=O) groups excluding carboxylic acids is 1. The second kappa shape index (κ2) is 5.36. The lowest BCUT2D eigenvalue weighted by atomic mass is 10.3. The quantitative estimate of drug-likeness (QED) is 0.907. The number of nitrogens with zero attached hydrogens (tertiary/aromatic N) is 1. The molecule has 15 heavy (non-hydrogen) atoms. The normalized spacial score (nSPS) is 9.47. The maximum Gasteiger partial charge on any atom is 0.238 e. The number of nitriles is 1. The Bertz CT molecular complexity index is 419. The Morgan fingerprint density at radius 3 is 2.47 bits per heavy atom. The zero-order valence-corrected chi connectivity index (χ0v) is 10.4. The molecule has 0 unspecified atom stereocenters. The lowest BCUT2D eigenvalue weighted by Gasteiger charge is -2.08. The largest absolute Gasteiger partial charge is 0.323 e. The second-order valence-electron chi connectivity index (χ2n) is 2.63. The molecule has 78 valence electrons. The van der Waals surface area contributed by atoms with Gasteiger partial charge in [0.05, 0.1) is 21.8 Å². The van der Waals surface area contributed by atoms with Crippen LogP contribution in [0.5, 0.6) is 0 Å². The van der Waals surface area contributed by atoms with Gasteiger partial charge in [-0.15, -0.1) is 0 Å². The van der Waals surface area contributed by atoms with E-state index in [1.54, 1.807) is 18.2 Å². The predicted molar refractivity (Wildman–Crippen MR) is 63.0 cm³/mol. The summed E-state index contributed by atoms with van der Waals surface area (Å²) in [7, 11) is 0. The molecule has 6 heteroatoms. The summed E-state index contributed by atoms with van der Waals surface area (Å²) in [5.41, 5.74) is 0.321. The molecule has 0 heterocycles. The molecule has 0 bridgehead atoms. The van der Waals surface area contributed by atoms with Crippen molar-refractivity contribution in [1.82, 2.24) is 0 Å². The number of carbonyl (C=O) groups is 1. The standard InChI is InChI=1S/C9H5BrCl2N2O/c10-5-3-6(11)9(7(12)4-5)14-8(15)1-2-13/h3-4H,1H2,(H,14,15). The van der Waals surface area contributed by atoms with Gasteiger partial charge in [0.15, 0.2) is 0 Å². The molecule has 3 nitrogen and oxygen atoms in total. The van der Waals surface area contributed by atoms with Crippen molar-refractivity contribution < 1.29 is 4.79 Å². The molecule has 0 aliphatic carbocycles. The van der Waals surface area contributed by atoms with Crippen LogP contribution in [0.1, 0.15) is 6.42 Å². The number of rotatable bonds is 2. The Morgan fingerprint density at radius 2 is 2.00 bits per heavy atom. The fourth-order valence-electron chi connectivity index (χ4n) is 0.917. The molecule has 0 aliphatic heterocycles. The minimum Gasteiger partial charge on any atom is -0.323 e. The van der Waals surface area contributed by atoms with Crippen LogP contribution >= 0.6 is 39.1 Å².